The van der Waals surface area contributed by atoms with Crippen molar-refractivity contribution in [1.29, 1.82) is 0 Å². The molecule has 20 heavy (non-hydrogen) atoms. The largest absolute Gasteiger partial charge is 0.339 e. The van der Waals surface area contributed by atoms with Gasteiger partial charge in [0.25, 0.3) is 0 Å². The summed E-state index contributed by atoms with van der Waals surface area (Å²) in [7, 11) is 0. The molecule has 2 amide bonds. The third-order valence-electron chi connectivity index (χ3n) is 5.06. The molecule has 0 radical (unpaired) electrons. The van der Waals surface area contributed by atoms with Crippen molar-refractivity contribution in [2.24, 2.45) is 5.92 Å². The first-order chi connectivity index (χ1) is 9.66. The molecule has 112 valence electrons. The maximum atomic E-state index is 12.6. The molecule has 5 nitrogen and oxygen atoms in total. The van der Waals surface area contributed by atoms with Crippen molar-refractivity contribution in [2.75, 3.05) is 26.2 Å². The number of likely N-dealkylation sites (tertiary alicyclic amines) is 1. The monoisotopic (exact) mass is 279 g/mol. The highest BCUT2D eigenvalue weighted by molar-refractivity contribution is 5.89. The van der Waals surface area contributed by atoms with Crippen molar-refractivity contribution >= 4 is 11.8 Å². The highest BCUT2D eigenvalue weighted by atomic mass is 16.2. The quantitative estimate of drug-likeness (QED) is 0.805. The van der Waals surface area contributed by atoms with Crippen molar-refractivity contribution in [2.45, 2.75) is 51.1 Å². The van der Waals surface area contributed by atoms with Crippen LogP contribution in [-0.4, -0.2) is 59.9 Å². The van der Waals surface area contributed by atoms with Crippen LogP contribution in [0.3, 0.4) is 0 Å². The lowest BCUT2D eigenvalue weighted by molar-refractivity contribution is -0.138. The Morgan fingerprint density at radius 1 is 1.30 bits per heavy atom. The maximum absolute atomic E-state index is 12.6. The summed E-state index contributed by atoms with van der Waals surface area (Å²) in [5.74, 6) is 0.273. The van der Waals surface area contributed by atoms with Gasteiger partial charge in [0.05, 0.1) is 5.92 Å². The summed E-state index contributed by atoms with van der Waals surface area (Å²) < 4.78 is 0. The van der Waals surface area contributed by atoms with E-state index >= 15 is 0 Å². The van der Waals surface area contributed by atoms with E-state index in [-0.39, 0.29) is 23.8 Å². The molecule has 1 aliphatic carbocycles. The predicted octanol–water partition coefficient (Wildman–Crippen LogP) is 0.598. The van der Waals surface area contributed by atoms with Gasteiger partial charge in [0.2, 0.25) is 11.8 Å². The minimum atomic E-state index is -0.108. The zero-order valence-electron chi connectivity index (χ0n) is 12.3. The smallest absolute Gasteiger partial charge is 0.228 e. The van der Waals surface area contributed by atoms with Crippen LogP contribution in [0.15, 0.2) is 0 Å². The van der Waals surface area contributed by atoms with E-state index in [9.17, 15) is 9.59 Å². The second kappa shape index (κ2) is 5.72. The minimum Gasteiger partial charge on any atom is -0.339 e. The number of amides is 2. The molecule has 2 heterocycles. The molecule has 3 fully saturated rings. The van der Waals surface area contributed by atoms with Crippen LogP contribution in [0.5, 0.6) is 0 Å². The molecular weight excluding hydrogens is 254 g/mol. The number of nitrogens with zero attached hydrogens (tertiary/aromatic N) is 2. The summed E-state index contributed by atoms with van der Waals surface area (Å²) >= 11 is 0. The predicted molar refractivity (Wildman–Crippen MR) is 76.1 cm³/mol. The number of hydrogen-bond acceptors (Lipinski definition) is 3. The van der Waals surface area contributed by atoms with Crippen molar-refractivity contribution in [3.8, 4) is 0 Å². The molecule has 2 atom stereocenters. The molecule has 5 heteroatoms. The van der Waals surface area contributed by atoms with Crippen molar-refractivity contribution in [3.63, 3.8) is 0 Å². The van der Waals surface area contributed by atoms with Crippen LogP contribution in [0.4, 0.5) is 0 Å². The highest BCUT2D eigenvalue weighted by Gasteiger charge is 2.41. The summed E-state index contributed by atoms with van der Waals surface area (Å²) in [5, 5.41) is 3.30. The van der Waals surface area contributed by atoms with E-state index in [1.807, 2.05) is 9.80 Å². The third kappa shape index (κ3) is 2.55. The number of rotatable bonds is 2. The normalized spacial score (nSPS) is 32.1. The van der Waals surface area contributed by atoms with Crippen LogP contribution in [0, 0.1) is 5.92 Å². The molecule has 2 saturated heterocycles. The molecule has 0 aromatic heterocycles. The van der Waals surface area contributed by atoms with Crippen LogP contribution >= 0.6 is 0 Å². The van der Waals surface area contributed by atoms with Gasteiger partial charge in [-0.15, -0.1) is 0 Å². The summed E-state index contributed by atoms with van der Waals surface area (Å²) in [5.41, 5.74) is 0. The van der Waals surface area contributed by atoms with Crippen LogP contribution in [0.1, 0.15) is 39.0 Å². The molecule has 0 spiro atoms. The van der Waals surface area contributed by atoms with Gasteiger partial charge in [0.1, 0.15) is 0 Å². The van der Waals surface area contributed by atoms with Gasteiger partial charge in [0.15, 0.2) is 0 Å². The van der Waals surface area contributed by atoms with E-state index in [0.29, 0.717) is 19.0 Å². The topological polar surface area (TPSA) is 52.7 Å². The van der Waals surface area contributed by atoms with Crippen molar-refractivity contribution in [3.05, 3.63) is 0 Å². The fourth-order valence-electron chi connectivity index (χ4n) is 3.87. The maximum Gasteiger partial charge on any atom is 0.228 e. The van der Waals surface area contributed by atoms with E-state index < -0.39 is 0 Å². The standard InChI is InChI=1S/C15H25N3O2/c1-11-9-16-6-7-17(11)15(20)12-8-14(19)18(10-12)13-4-2-3-5-13/h11-13,16H,2-10H2,1H3/t11-,12?/m1/s1. The van der Waals surface area contributed by atoms with Crippen molar-refractivity contribution < 1.29 is 9.59 Å². The first kappa shape index (κ1) is 13.9. The summed E-state index contributed by atoms with van der Waals surface area (Å²) in [6, 6.07) is 0.646. The Morgan fingerprint density at radius 2 is 2.05 bits per heavy atom. The Balaban J connectivity index is 1.63. The first-order valence-electron chi connectivity index (χ1n) is 7.97. The van der Waals surface area contributed by atoms with Gasteiger partial charge in [-0.1, -0.05) is 12.8 Å². The second-order valence-corrected chi connectivity index (χ2v) is 6.47. The summed E-state index contributed by atoms with van der Waals surface area (Å²) in [6.45, 7) is 5.23. The van der Waals surface area contributed by atoms with Crippen LogP contribution in [-0.2, 0) is 9.59 Å². The molecule has 1 saturated carbocycles. The van der Waals surface area contributed by atoms with E-state index in [2.05, 4.69) is 12.2 Å². The fraction of sp³-hybridized carbons (Fsp3) is 0.867. The lowest BCUT2D eigenvalue weighted by Crippen LogP contribution is -2.54. The van der Waals surface area contributed by atoms with Gasteiger partial charge in [0, 0.05) is 44.7 Å². The van der Waals surface area contributed by atoms with Gasteiger partial charge >= 0.3 is 0 Å². The SMILES string of the molecule is C[C@@H]1CNCCN1C(=O)C1CC(=O)N(C2CCCC2)C1. The molecule has 2 aliphatic heterocycles. The highest BCUT2D eigenvalue weighted by Crippen LogP contribution is 2.30. The molecule has 1 N–H and O–H groups in total. The van der Waals surface area contributed by atoms with E-state index in [0.717, 1.165) is 32.5 Å². The molecule has 0 bridgehead atoms. The molecule has 3 aliphatic rings. The zero-order chi connectivity index (χ0) is 14.1. The van der Waals surface area contributed by atoms with Gasteiger partial charge in [-0.3, -0.25) is 9.59 Å². The second-order valence-electron chi connectivity index (χ2n) is 6.47. The number of carbonyl (C=O) groups excluding carboxylic acids is 2. The number of hydrogen-bond donors (Lipinski definition) is 1. The van der Waals surface area contributed by atoms with Gasteiger partial charge in [-0.25, -0.2) is 0 Å². The Hall–Kier alpha value is -1.10. The van der Waals surface area contributed by atoms with E-state index in [1.165, 1.54) is 12.8 Å². The summed E-state index contributed by atoms with van der Waals surface area (Å²) in [4.78, 5) is 28.8. The Labute approximate surface area is 120 Å². The first-order valence-corrected chi connectivity index (χ1v) is 7.97. The van der Waals surface area contributed by atoms with Crippen molar-refractivity contribution in [1.82, 2.24) is 15.1 Å². The van der Waals surface area contributed by atoms with Crippen LogP contribution < -0.4 is 5.32 Å². The Kier molecular flexibility index (Phi) is 3.96. The average Bonchev–Trinajstić information content (AvgIpc) is 3.07. The molecule has 0 aromatic carbocycles. The number of nitrogens with one attached hydrogen (secondary N) is 1. The van der Waals surface area contributed by atoms with Crippen LogP contribution in [0.2, 0.25) is 0 Å². The number of carbonyl (C=O) groups is 2. The van der Waals surface area contributed by atoms with E-state index in [1.54, 1.807) is 0 Å². The Morgan fingerprint density at radius 3 is 2.75 bits per heavy atom. The average molecular weight is 279 g/mol. The molecule has 0 aromatic rings. The molecule has 3 rings (SSSR count). The number of piperazine rings is 1. The van der Waals surface area contributed by atoms with E-state index in [4.69, 9.17) is 0 Å². The van der Waals surface area contributed by atoms with Gasteiger partial charge < -0.3 is 15.1 Å². The lowest BCUT2D eigenvalue weighted by Gasteiger charge is -2.35. The van der Waals surface area contributed by atoms with Crippen LogP contribution in [0.25, 0.3) is 0 Å². The Bertz CT molecular complexity index is 393. The molecular formula is C15H25N3O2. The third-order valence-corrected chi connectivity index (χ3v) is 5.06. The van der Waals surface area contributed by atoms with Gasteiger partial charge in [-0.05, 0) is 19.8 Å². The minimum absolute atomic E-state index is 0.108. The van der Waals surface area contributed by atoms with Gasteiger partial charge in [-0.2, -0.15) is 0 Å². The lowest BCUT2D eigenvalue weighted by atomic mass is 10.0. The fourth-order valence-corrected chi connectivity index (χ4v) is 3.87. The zero-order valence-corrected chi connectivity index (χ0v) is 12.3. The summed E-state index contributed by atoms with van der Waals surface area (Å²) in [6.07, 6.45) is 5.11. The molecule has 1 unspecified atom stereocenters.